The molecule has 0 spiro atoms. The van der Waals surface area contributed by atoms with Gasteiger partial charge in [0.2, 0.25) is 11.6 Å². The number of hydrogen-bond acceptors (Lipinski definition) is 2. The van der Waals surface area contributed by atoms with E-state index in [2.05, 4.69) is 6.92 Å². The van der Waals surface area contributed by atoms with Crippen LogP contribution in [0.1, 0.15) is 39.0 Å². The lowest BCUT2D eigenvalue weighted by molar-refractivity contribution is -0.137. The van der Waals surface area contributed by atoms with Gasteiger partial charge in [-0.3, -0.25) is 9.59 Å². The standard InChI is InChI=1S/C13H18O2/c1-7-5-8-3-2-4-9-11(8)10(6-7)13(15)12(9)14/h7-11H,2-6H2,1H3. The first-order valence-electron chi connectivity index (χ1n) is 6.26. The van der Waals surface area contributed by atoms with Crippen LogP contribution in [0.15, 0.2) is 0 Å². The van der Waals surface area contributed by atoms with Crippen molar-refractivity contribution >= 4 is 11.6 Å². The average molecular weight is 206 g/mol. The molecule has 3 rings (SSSR count). The largest absolute Gasteiger partial charge is 0.291 e. The predicted octanol–water partition coefficient (Wildman–Crippen LogP) is 2.22. The lowest BCUT2D eigenvalue weighted by Gasteiger charge is -2.41. The molecule has 0 bridgehead atoms. The van der Waals surface area contributed by atoms with Gasteiger partial charge in [0.05, 0.1) is 0 Å². The first kappa shape index (κ1) is 9.56. The van der Waals surface area contributed by atoms with Crippen LogP contribution in [0.5, 0.6) is 0 Å². The number of carbonyl (C=O) groups excluding carboxylic acids is 2. The second kappa shape index (κ2) is 3.16. The summed E-state index contributed by atoms with van der Waals surface area (Å²) in [5.74, 6) is 1.94. The molecule has 0 aromatic carbocycles. The second-order valence-electron chi connectivity index (χ2n) is 5.79. The Morgan fingerprint density at radius 1 is 1.00 bits per heavy atom. The molecular weight excluding hydrogens is 188 g/mol. The van der Waals surface area contributed by atoms with Gasteiger partial charge in [0.15, 0.2) is 0 Å². The number of rotatable bonds is 0. The third-order valence-corrected chi connectivity index (χ3v) is 4.84. The summed E-state index contributed by atoms with van der Waals surface area (Å²) in [6.07, 6.45) is 5.62. The van der Waals surface area contributed by atoms with Crippen LogP contribution in [0, 0.1) is 29.6 Å². The fraction of sp³-hybridized carbons (Fsp3) is 0.846. The van der Waals surface area contributed by atoms with Crippen molar-refractivity contribution < 1.29 is 9.59 Å². The SMILES string of the molecule is CC1CC2CCCC3C(=O)C(=O)C(C1)C23. The number of hydrogen-bond donors (Lipinski definition) is 0. The van der Waals surface area contributed by atoms with Crippen LogP contribution in [-0.4, -0.2) is 11.6 Å². The van der Waals surface area contributed by atoms with Gasteiger partial charge in [0, 0.05) is 11.8 Å². The van der Waals surface area contributed by atoms with Crippen molar-refractivity contribution in [2.45, 2.75) is 39.0 Å². The van der Waals surface area contributed by atoms with Crippen molar-refractivity contribution in [2.75, 3.05) is 0 Å². The molecule has 0 heterocycles. The average Bonchev–Trinajstić information content (AvgIpc) is 2.46. The van der Waals surface area contributed by atoms with Gasteiger partial charge in [-0.15, -0.1) is 0 Å². The van der Waals surface area contributed by atoms with E-state index >= 15 is 0 Å². The Hall–Kier alpha value is -0.660. The normalized spacial score (nSPS) is 49.3. The van der Waals surface area contributed by atoms with Gasteiger partial charge < -0.3 is 0 Å². The number of carbonyl (C=O) groups is 2. The molecule has 0 radical (unpaired) electrons. The Labute approximate surface area is 90.4 Å². The van der Waals surface area contributed by atoms with E-state index in [-0.39, 0.29) is 23.4 Å². The minimum atomic E-state index is -0.0246. The van der Waals surface area contributed by atoms with Gasteiger partial charge >= 0.3 is 0 Å². The predicted molar refractivity (Wildman–Crippen MR) is 56.2 cm³/mol. The Morgan fingerprint density at radius 3 is 2.53 bits per heavy atom. The van der Waals surface area contributed by atoms with Crippen LogP contribution >= 0.6 is 0 Å². The minimum Gasteiger partial charge on any atom is -0.291 e. The maximum atomic E-state index is 11.9. The summed E-state index contributed by atoms with van der Waals surface area (Å²) < 4.78 is 0. The zero-order valence-corrected chi connectivity index (χ0v) is 9.24. The highest BCUT2D eigenvalue weighted by molar-refractivity contribution is 6.41. The molecule has 3 saturated carbocycles. The molecule has 3 fully saturated rings. The molecule has 3 aliphatic carbocycles. The molecular formula is C13H18O2. The van der Waals surface area contributed by atoms with Crippen LogP contribution in [0.2, 0.25) is 0 Å². The Morgan fingerprint density at radius 2 is 1.73 bits per heavy atom. The van der Waals surface area contributed by atoms with E-state index in [9.17, 15) is 9.59 Å². The van der Waals surface area contributed by atoms with Crippen molar-refractivity contribution in [3.63, 3.8) is 0 Å². The maximum Gasteiger partial charge on any atom is 0.202 e. The van der Waals surface area contributed by atoms with Gasteiger partial charge in [-0.05, 0) is 37.0 Å². The third kappa shape index (κ3) is 1.23. The summed E-state index contributed by atoms with van der Waals surface area (Å²) in [4.78, 5) is 23.7. The van der Waals surface area contributed by atoms with E-state index in [1.807, 2.05) is 0 Å². The van der Waals surface area contributed by atoms with Gasteiger partial charge in [-0.25, -0.2) is 0 Å². The van der Waals surface area contributed by atoms with Crippen LogP contribution in [0.4, 0.5) is 0 Å². The highest BCUT2D eigenvalue weighted by Crippen LogP contribution is 2.52. The quantitative estimate of drug-likeness (QED) is 0.569. The Bertz CT molecular complexity index is 320. The topological polar surface area (TPSA) is 34.1 Å². The van der Waals surface area contributed by atoms with Gasteiger partial charge in [0.1, 0.15) is 0 Å². The summed E-state index contributed by atoms with van der Waals surface area (Å²) in [5.41, 5.74) is 0. The molecule has 0 aromatic heterocycles. The monoisotopic (exact) mass is 206 g/mol. The first-order chi connectivity index (χ1) is 7.18. The van der Waals surface area contributed by atoms with Gasteiger partial charge in [-0.1, -0.05) is 19.8 Å². The summed E-state index contributed by atoms with van der Waals surface area (Å²) in [5, 5.41) is 0. The van der Waals surface area contributed by atoms with E-state index in [0.717, 1.165) is 19.3 Å². The van der Waals surface area contributed by atoms with E-state index in [4.69, 9.17) is 0 Å². The molecule has 5 atom stereocenters. The van der Waals surface area contributed by atoms with Crippen molar-refractivity contribution in [2.24, 2.45) is 29.6 Å². The Balaban J connectivity index is 1.97. The van der Waals surface area contributed by atoms with Crippen LogP contribution in [0.3, 0.4) is 0 Å². The smallest absolute Gasteiger partial charge is 0.202 e. The molecule has 5 unspecified atom stereocenters. The Kier molecular flexibility index (Phi) is 2.02. The molecule has 3 aliphatic rings. The maximum absolute atomic E-state index is 11.9. The zero-order chi connectivity index (χ0) is 10.6. The molecule has 0 amide bonds. The van der Waals surface area contributed by atoms with Crippen molar-refractivity contribution in [1.29, 1.82) is 0 Å². The van der Waals surface area contributed by atoms with E-state index in [1.165, 1.54) is 12.8 Å². The summed E-state index contributed by atoms with van der Waals surface area (Å²) in [6.45, 7) is 2.23. The molecule has 0 aliphatic heterocycles. The van der Waals surface area contributed by atoms with Gasteiger partial charge in [-0.2, -0.15) is 0 Å². The zero-order valence-electron chi connectivity index (χ0n) is 9.24. The van der Waals surface area contributed by atoms with Crippen LogP contribution < -0.4 is 0 Å². The van der Waals surface area contributed by atoms with Crippen LogP contribution in [0.25, 0.3) is 0 Å². The van der Waals surface area contributed by atoms with E-state index in [0.29, 0.717) is 17.8 Å². The summed E-state index contributed by atoms with van der Waals surface area (Å²) >= 11 is 0. The highest BCUT2D eigenvalue weighted by Gasteiger charge is 2.55. The highest BCUT2D eigenvalue weighted by atomic mass is 16.2. The first-order valence-corrected chi connectivity index (χ1v) is 6.26. The number of ketones is 2. The minimum absolute atomic E-state index is 0.0243. The molecule has 0 N–H and O–H groups in total. The number of Topliss-reactive ketones (excluding diaryl/α,β-unsaturated/α-hetero) is 2. The molecule has 0 aromatic rings. The van der Waals surface area contributed by atoms with E-state index < -0.39 is 0 Å². The van der Waals surface area contributed by atoms with Crippen molar-refractivity contribution in [3.05, 3.63) is 0 Å². The lowest BCUT2D eigenvalue weighted by Crippen LogP contribution is -2.36. The van der Waals surface area contributed by atoms with Crippen LogP contribution in [-0.2, 0) is 9.59 Å². The molecule has 2 heteroatoms. The van der Waals surface area contributed by atoms with Gasteiger partial charge in [0.25, 0.3) is 0 Å². The molecule has 82 valence electrons. The summed E-state index contributed by atoms with van der Waals surface area (Å²) in [6, 6.07) is 0. The second-order valence-corrected chi connectivity index (χ2v) is 5.79. The van der Waals surface area contributed by atoms with Crippen molar-refractivity contribution in [1.82, 2.24) is 0 Å². The molecule has 2 nitrogen and oxygen atoms in total. The van der Waals surface area contributed by atoms with Crippen molar-refractivity contribution in [3.8, 4) is 0 Å². The lowest BCUT2D eigenvalue weighted by atomic mass is 9.62. The molecule has 0 saturated heterocycles. The molecule has 15 heavy (non-hydrogen) atoms. The third-order valence-electron chi connectivity index (χ3n) is 4.84. The fourth-order valence-corrected chi connectivity index (χ4v) is 4.35. The summed E-state index contributed by atoms with van der Waals surface area (Å²) in [7, 11) is 0. The fourth-order valence-electron chi connectivity index (χ4n) is 4.35. The van der Waals surface area contributed by atoms with E-state index in [1.54, 1.807) is 0 Å².